The van der Waals surface area contributed by atoms with Gasteiger partial charge in [0.1, 0.15) is 11.9 Å². The fourth-order valence-electron chi connectivity index (χ4n) is 2.31. The van der Waals surface area contributed by atoms with Crippen LogP contribution in [-0.4, -0.2) is 14.7 Å². The molecule has 4 nitrogen and oxygen atoms in total. The summed E-state index contributed by atoms with van der Waals surface area (Å²) in [5.74, 6) is 0.486. The van der Waals surface area contributed by atoms with Crippen molar-refractivity contribution in [1.82, 2.24) is 9.55 Å². The maximum Gasteiger partial charge on any atom is 0.143 e. The molecule has 3 aromatic rings. The maximum absolute atomic E-state index is 10.0. The number of fused-ring (bicyclic) bond motifs is 1. The number of hydrogen-bond acceptors (Lipinski definition) is 3. The van der Waals surface area contributed by atoms with Crippen LogP contribution in [0.1, 0.15) is 18.9 Å². The maximum atomic E-state index is 10.0. The van der Waals surface area contributed by atoms with E-state index in [2.05, 4.69) is 4.98 Å². The lowest BCUT2D eigenvalue weighted by Gasteiger charge is -2.13. The molecular weight excluding hydrogens is 309 g/mol. The highest BCUT2D eigenvalue weighted by molar-refractivity contribution is 6.34. The van der Waals surface area contributed by atoms with Crippen molar-refractivity contribution in [3.05, 3.63) is 52.3 Å². The van der Waals surface area contributed by atoms with Gasteiger partial charge in [-0.1, -0.05) is 23.2 Å². The van der Waals surface area contributed by atoms with E-state index in [4.69, 9.17) is 28.9 Å². The normalized spacial score (nSPS) is 12.8. The van der Waals surface area contributed by atoms with Crippen LogP contribution >= 0.6 is 23.2 Å². The van der Waals surface area contributed by atoms with Gasteiger partial charge in [-0.05, 0) is 43.3 Å². The van der Waals surface area contributed by atoms with Gasteiger partial charge in [0.25, 0.3) is 0 Å². The zero-order valence-electron chi connectivity index (χ0n) is 11.2. The molecule has 0 fully saturated rings. The molecule has 21 heavy (non-hydrogen) atoms. The quantitative estimate of drug-likeness (QED) is 0.702. The Morgan fingerprint density at radius 2 is 1.95 bits per heavy atom. The zero-order valence-corrected chi connectivity index (χ0v) is 12.7. The number of aromatic nitrogens is 2. The van der Waals surface area contributed by atoms with E-state index in [0.29, 0.717) is 32.8 Å². The van der Waals surface area contributed by atoms with Crippen molar-refractivity contribution in [2.45, 2.75) is 13.0 Å². The van der Waals surface area contributed by atoms with Gasteiger partial charge in [0, 0.05) is 10.7 Å². The molecule has 3 N–H and O–H groups in total. The summed E-state index contributed by atoms with van der Waals surface area (Å²) in [6.07, 6.45) is -0.756. The Hall–Kier alpha value is -1.75. The number of aliphatic hydroxyl groups excluding tert-OH is 1. The summed E-state index contributed by atoms with van der Waals surface area (Å²) >= 11 is 12.3. The van der Waals surface area contributed by atoms with Crippen LogP contribution in [0.2, 0.25) is 10.0 Å². The number of imidazole rings is 1. The Bertz CT molecular complexity index is 827. The molecule has 0 bridgehead atoms. The molecule has 1 heterocycles. The first-order valence-corrected chi connectivity index (χ1v) is 7.14. The van der Waals surface area contributed by atoms with E-state index in [1.807, 2.05) is 6.07 Å². The van der Waals surface area contributed by atoms with E-state index >= 15 is 0 Å². The van der Waals surface area contributed by atoms with Gasteiger partial charge in [-0.25, -0.2) is 4.98 Å². The van der Waals surface area contributed by atoms with Gasteiger partial charge >= 0.3 is 0 Å². The first kappa shape index (κ1) is 14.2. The predicted octanol–water partition coefficient (Wildman–Crippen LogP) is 3.97. The summed E-state index contributed by atoms with van der Waals surface area (Å²) in [6, 6.07) is 10.6. The lowest BCUT2D eigenvalue weighted by atomic mass is 10.2. The first-order valence-electron chi connectivity index (χ1n) is 6.38. The van der Waals surface area contributed by atoms with Crippen LogP contribution in [0.5, 0.6) is 0 Å². The Labute approximate surface area is 131 Å². The van der Waals surface area contributed by atoms with Gasteiger partial charge in [0.15, 0.2) is 0 Å². The Balaban J connectivity index is 2.39. The van der Waals surface area contributed by atoms with E-state index in [1.54, 1.807) is 41.8 Å². The monoisotopic (exact) mass is 321 g/mol. The van der Waals surface area contributed by atoms with Crippen LogP contribution in [0.15, 0.2) is 36.4 Å². The molecule has 108 valence electrons. The first-order chi connectivity index (χ1) is 9.97. The number of benzene rings is 2. The van der Waals surface area contributed by atoms with Crippen molar-refractivity contribution in [1.29, 1.82) is 0 Å². The van der Waals surface area contributed by atoms with E-state index in [-0.39, 0.29) is 0 Å². The van der Waals surface area contributed by atoms with Crippen LogP contribution in [0.4, 0.5) is 5.69 Å². The number of nitrogens with zero attached hydrogens (tertiary/aromatic N) is 2. The fraction of sp³-hybridized carbons (Fsp3) is 0.133. The van der Waals surface area contributed by atoms with Crippen molar-refractivity contribution in [2.24, 2.45) is 0 Å². The van der Waals surface area contributed by atoms with Crippen molar-refractivity contribution in [2.75, 3.05) is 5.73 Å². The van der Waals surface area contributed by atoms with E-state index in [0.717, 1.165) is 5.52 Å². The minimum Gasteiger partial charge on any atom is -0.399 e. The van der Waals surface area contributed by atoms with Gasteiger partial charge in [-0.15, -0.1) is 0 Å². The van der Waals surface area contributed by atoms with Crippen LogP contribution in [-0.2, 0) is 0 Å². The third kappa shape index (κ3) is 2.46. The van der Waals surface area contributed by atoms with E-state index in [1.165, 1.54) is 0 Å². The van der Waals surface area contributed by atoms with Gasteiger partial charge in [-0.2, -0.15) is 0 Å². The average molecular weight is 322 g/mol. The SMILES string of the molecule is CC(O)c1nc2cc(N)ccc2n1-c1cc(Cl)ccc1Cl. The van der Waals surface area contributed by atoms with Crippen LogP contribution in [0, 0.1) is 0 Å². The van der Waals surface area contributed by atoms with Crippen molar-refractivity contribution in [3.8, 4) is 5.69 Å². The zero-order chi connectivity index (χ0) is 15.1. The smallest absolute Gasteiger partial charge is 0.143 e. The van der Waals surface area contributed by atoms with Crippen LogP contribution in [0.3, 0.4) is 0 Å². The minimum atomic E-state index is -0.756. The van der Waals surface area contributed by atoms with Crippen molar-refractivity contribution < 1.29 is 5.11 Å². The molecule has 0 saturated heterocycles. The third-order valence-corrected chi connectivity index (χ3v) is 3.78. The van der Waals surface area contributed by atoms with Gasteiger partial charge in [0.2, 0.25) is 0 Å². The molecule has 0 spiro atoms. The number of nitrogen functional groups attached to an aromatic ring is 1. The van der Waals surface area contributed by atoms with Gasteiger partial charge in [-0.3, -0.25) is 4.57 Å². The molecule has 0 saturated carbocycles. The minimum absolute atomic E-state index is 0.486. The molecule has 2 aromatic carbocycles. The number of aliphatic hydroxyl groups is 1. The molecule has 0 aliphatic rings. The summed E-state index contributed by atoms with van der Waals surface area (Å²) in [7, 11) is 0. The third-order valence-electron chi connectivity index (χ3n) is 3.23. The Kier molecular flexibility index (Phi) is 3.53. The lowest BCUT2D eigenvalue weighted by molar-refractivity contribution is 0.187. The van der Waals surface area contributed by atoms with Crippen LogP contribution < -0.4 is 5.73 Å². The molecule has 0 aliphatic heterocycles. The second-order valence-electron chi connectivity index (χ2n) is 4.83. The Morgan fingerprint density at radius 1 is 1.19 bits per heavy atom. The molecular formula is C15H13Cl2N3O. The van der Waals surface area contributed by atoms with E-state index < -0.39 is 6.10 Å². The number of anilines is 1. The second kappa shape index (κ2) is 5.22. The molecule has 1 aromatic heterocycles. The number of hydrogen-bond donors (Lipinski definition) is 2. The van der Waals surface area contributed by atoms with Crippen LogP contribution in [0.25, 0.3) is 16.7 Å². The highest BCUT2D eigenvalue weighted by atomic mass is 35.5. The molecule has 3 rings (SSSR count). The summed E-state index contributed by atoms with van der Waals surface area (Å²) in [6.45, 7) is 1.65. The standard InChI is InChI=1S/C15H13Cl2N3O/c1-8(21)15-19-12-7-10(18)3-5-13(12)20(15)14-6-9(16)2-4-11(14)17/h2-8,21H,18H2,1H3. The molecule has 0 amide bonds. The summed E-state index contributed by atoms with van der Waals surface area (Å²) in [4.78, 5) is 4.45. The average Bonchev–Trinajstić information content (AvgIpc) is 2.80. The predicted molar refractivity (Wildman–Crippen MR) is 86.1 cm³/mol. The molecule has 0 aliphatic carbocycles. The second-order valence-corrected chi connectivity index (χ2v) is 5.67. The van der Waals surface area contributed by atoms with Gasteiger partial charge < -0.3 is 10.8 Å². The Morgan fingerprint density at radius 3 is 2.67 bits per heavy atom. The summed E-state index contributed by atoms with van der Waals surface area (Å²) in [5.41, 5.74) is 8.58. The fourth-order valence-corrected chi connectivity index (χ4v) is 2.67. The largest absolute Gasteiger partial charge is 0.399 e. The number of halogens is 2. The summed E-state index contributed by atoms with van der Waals surface area (Å²) in [5, 5.41) is 11.1. The number of rotatable bonds is 2. The molecule has 1 unspecified atom stereocenters. The molecule has 6 heteroatoms. The van der Waals surface area contributed by atoms with E-state index in [9.17, 15) is 5.11 Å². The highest BCUT2D eigenvalue weighted by Gasteiger charge is 2.18. The molecule has 1 atom stereocenters. The summed E-state index contributed by atoms with van der Waals surface area (Å²) < 4.78 is 1.80. The highest BCUT2D eigenvalue weighted by Crippen LogP contribution is 2.31. The lowest BCUT2D eigenvalue weighted by Crippen LogP contribution is -2.05. The van der Waals surface area contributed by atoms with Crippen molar-refractivity contribution in [3.63, 3.8) is 0 Å². The topological polar surface area (TPSA) is 64.1 Å². The van der Waals surface area contributed by atoms with Gasteiger partial charge in [0.05, 0.1) is 21.7 Å². The number of nitrogens with two attached hydrogens (primary N) is 1. The molecule has 0 radical (unpaired) electrons. The van der Waals surface area contributed by atoms with Crippen molar-refractivity contribution >= 4 is 39.9 Å².